The molecule has 2 aliphatic heterocycles. The molecule has 1 aliphatic carbocycles. The van der Waals surface area contributed by atoms with Gasteiger partial charge in [0.2, 0.25) is 6.29 Å². The molecule has 136 valence electrons. The first-order valence-corrected chi connectivity index (χ1v) is 9.12. The molecule has 2 bridgehead atoms. The van der Waals surface area contributed by atoms with Crippen LogP contribution >= 0.6 is 11.8 Å². The highest BCUT2D eigenvalue weighted by Gasteiger charge is 2.45. The predicted octanol–water partition coefficient (Wildman–Crippen LogP) is 2.80. The quantitative estimate of drug-likeness (QED) is 0.742. The van der Waals surface area contributed by atoms with Crippen LogP contribution in [0.4, 0.5) is 13.2 Å². The second-order valence-electron chi connectivity index (χ2n) is 6.79. The third-order valence-corrected chi connectivity index (χ3v) is 5.98. The monoisotopic (exact) mass is 374 g/mol. The smallest absolute Gasteiger partial charge is 0.343 e. The topological polar surface area (TPSA) is 61.3 Å². The van der Waals surface area contributed by atoms with Crippen LogP contribution in [-0.2, 0) is 33.3 Å². The summed E-state index contributed by atoms with van der Waals surface area (Å²) in [6, 6.07) is 0. The first-order valence-electron chi connectivity index (χ1n) is 8.24. The van der Waals surface area contributed by atoms with Gasteiger partial charge in [-0.15, -0.1) is 0 Å². The highest BCUT2D eigenvalue weighted by atomic mass is 32.2. The zero-order chi connectivity index (χ0) is 17.8. The third kappa shape index (κ3) is 3.29. The maximum absolute atomic E-state index is 13.5. The van der Waals surface area contributed by atoms with Crippen molar-refractivity contribution in [1.29, 1.82) is 0 Å². The molecule has 0 amide bonds. The number of carbonyl (C=O) groups is 1. The summed E-state index contributed by atoms with van der Waals surface area (Å²) in [5.74, 6) is 0.00159. The lowest BCUT2D eigenvalue weighted by atomic mass is 9.87. The Kier molecular flexibility index (Phi) is 4.28. The number of aromatic nitrogens is 2. The number of ether oxygens (including phenoxy) is 2. The maximum atomic E-state index is 13.5. The minimum atomic E-state index is -4.51. The molecular formula is C16H17F3N2O3S. The maximum Gasteiger partial charge on any atom is 0.433 e. The summed E-state index contributed by atoms with van der Waals surface area (Å²) in [7, 11) is 0. The van der Waals surface area contributed by atoms with Crippen LogP contribution in [0.5, 0.6) is 0 Å². The van der Waals surface area contributed by atoms with Gasteiger partial charge in [0.15, 0.2) is 16.6 Å². The van der Waals surface area contributed by atoms with E-state index in [9.17, 15) is 18.0 Å². The van der Waals surface area contributed by atoms with E-state index in [1.807, 2.05) is 6.92 Å². The Morgan fingerprint density at radius 2 is 2.04 bits per heavy atom. The van der Waals surface area contributed by atoms with Crippen molar-refractivity contribution >= 4 is 17.5 Å². The molecule has 4 atom stereocenters. The number of alkyl halides is 3. The van der Waals surface area contributed by atoms with E-state index in [-0.39, 0.29) is 46.8 Å². The molecule has 3 aliphatic rings. The van der Waals surface area contributed by atoms with Crippen LogP contribution in [0.1, 0.15) is 36.7 Å². The van der Waals surface area contributed by atoms with Gasteiger partial charge >= 0.3 is 6.18 Å². The summed E-state index contributed by atoms with van der Waals surface area (Å²) < 4.78 is 51.1. The summed E-state index contributed by atoms with van der Waals surface area (Å²) in [5.41, 5.74) is -0.141. The molecule has 1 aromatic heterocycles. The molecule has 25 heavy (non-hydrogen) atoms. The van der Waals surface area contributed by atoms with Crippen molar-refractivity contribution in [2.24, 2.45) is 5.92 Å². The lowest BCUT2D eigenvalue weighted by Crippen LogP contribution is -2.37. The van der Waals surface area contributed by atoms with E-state index >= 15 is 0 Å². The Labute approximate surface area is 146 Å². The van der Waals surface area contributed by atoms with E-state index in [1.54, 1.807) is 0 Å². The Hall–Kier alpha value is -1.19. The number of carbonyl (C=O) groups excluding carboxylic acids is 1. The highest BCUT2D eigenvalue weighted by molar-refractivity contribution is 7.99. The Morgan fingerprint density at radius 3 is 2.80 bits per heavy atom. The molecular weight excluding hydrogens is 357 g/mol. The fourth-order valence-electron chi connectivity index (χ4n) is 3.51. The van der Waals surface area contributed by atoms with Gasteiger partial charge in [0.25, 0.3) is 0 Å². The number of ketones is 1. The van der Waals surface area contributed by atoms with Gasteiger partial charge in [0, 0.05) is 22.9 Å². The Morgan fingerprint density at radius 1 is 1.24 bits per heavy atom. The minimum Gasteiger partial charge on any atom is -0.343 e. The van der Waals surface area contributed by atoms with Crippen molar-refractivity contribution < 1.29 is 27.4 Å². The lowest BCUT2D eigenvalue weighted by molar-refractivity contribution is -0.151. The number of thioether (sulfide) groups is 1. The average molecular weight is 374 g/mol. The summed E-state index contributed by atoms with van der Waals surface area (Å²) in [6.45, 7) is 2.20. The molecule has 0 aromatic carbocycles. The van der Waals surface area contributed by atoms with E-state index in [2.05, 4.69) is 9.97 Å². The fourth-order valence-corrected chi connectivity index (χ4v) is 4.63. The normalized spacial score (nSPS) is 31.9. The number of rotatable bonds is 2. The molecule has 0 radical (unpaired) electrons. The van der Waals surface area contributed by atoms with Crippen LogP contribution in [0.25, 0.3) is 0 Å². The van der Waals surface area contributed by atoms with Gasteiger partial charge in [-0.2, -0.15) is 13.2 Å². The molecule has 9 heteroatoms. The molecule has 4 rings (SSSR count). The van der Waals surface area contributed by atoms with Crippen molar-refractivity contribution in [2.75, 3.05) is 6.61 Å². The number of hydrogen-bond acceptors (Lipinski definition) is 6. The van der Waals surface area contributed by atoms with Crippen molar-refractivity contribution in [2.45, 2.75) is 61.6 Å². The number of nitrogens with zero attached hydrogens (tertiary/aromatic N) is 2. The molecule has 0 unspecified atom stereocenters. The number of fused-ring (bicyclic) bond motifs is 3. The number of halogens is 3. The fraction of sp³-hybridized carbons (Fsp3) is 0.688. The van der Waals surface area contributed by atoms with E-state index in [0.29, 0.717) is 18.5 Å². The largest absolute Gasteiger partial charge is 0.433 e. The minimum absolute atomic E-state index is 0.0624. The van der Waals surface area contributed by atoms with Crippen molar-refractivity contribution in [3.8, 4) is 0 Å². The van der Waals surface area contributed by atoms with Gasteiger partial charge in [-0.3, -0.25) is 4.79 Å². The van der Waals surface area contributed by atoms with Crippen LogP contribution in [0.3, 0.4) is 0 Å². The molecule has 3 heterocycles. The summed E-state index contributed by atoms with van der Waals surface area (Å²) in [5, 5.41) is -0.264. The van der Waals surface area contributed by atoms with Crippen LogP contribution in [0.2, 0.25) is 0 Å². The number of hydrogen-bond donors (Lipinski definition) is 0. The molecule has 0 N–H and O–H groups in total. The third-order valence-electron chi connectivity index (χ3n) is 4.81. The molecule has 5 nitrogen and oxygen atoms in total. The Balaban J connectivity index is 1.65. The molecule has 2 saturated heterocycles. The van der Waals surface area contributed by atoms with Gasteiger partial charge < -0.3 is 9.47 Å². The predicted molar refractivity (Wildman–Crippen MR) is 82.1 cm³/mol. The van der Waals surface area contributed by atoms with Crippen molar-refractivity contribution in [3.63, 3.8) is 0 Å². The van der Waals surface area contributed by atoms with Gasteiger partial charge in [0.05, 0.1) is 12.7 Å². The second kappa shape index (κ2) is 6.21. The highest BCUT2D eigenvalue weighted by Crippen LogP contribution is 2.40. The first-order chi connectivity index (χ1) is 11.8. The number of Topliss-reactive ketones (excluding diaryl/α,β-unsaturated/α-hetero) is 1. The summed E-state index contributed by atoms with van der Waals surface area (Å²) in [6.07, 6.45) is -3.78. The SMILES string of the molecule is C[C@@H]1CCc2nc(S[C@@H]3CC(=O)[C@H]4OC[C@H]3O4)nc(C(F)(F)F)c2C1. The second-order valence-corrected chi connectivity index (χ2v) is 8.00. The molecule has 2 fully saturated rings. The van der Waals surface area contributed by atoms with Crippen molar-refractivity contribution in [1.82, 2.24) is 9.97 Å². The number of aryl methyl sites for hydroxylation is 1. The van der Waals surface area contributed by atoms with E-state index in [0.717, 1.165) is 18.2 Å². The molecule has 0 saturated carbocycles. The average Bonchev–Trinajstić information content (AvgIpc) is 2.97. The van der Waals surface area contributed by atoms with Crippen molar-refractivity contribution in [3.05, 3.63) is 17.0 Å². The van der Waals surface area contributed by atoms with Crippen LogP contribution in [-0.4, -0.2) is 40.0 Å². The van der Waals surface area contributed by atoms with Gasteiger partial charge in [-0.25, -0.2) is 9.97 Å². The van der Waals surface area contributed by atoms with Crippen LogP contribution < -0.4 is 0 Å². The lowest BCUT2D eigenvalue weighted by Gasteiger charge is -2.27. The van der Waals surface area contributed by atoms with Gasteiger partial charge in [-0.05, 0) is 25.2 Å². The van der Waals surface area contributed by atoms with E-state index in [4.69, 9.17) is 9.47 Å². The molecule has 1 aromatic rings. The van der Waals surface area contributed by atoms with E-state index in [1.165, 1.54) is 0 Å². The first kappa shape index (κ1) is 17.2. The summed E-state index contributed by atoms with van der Waals surface area (Å²) >= 11 is 1.08. The standard InChI is InChI=1S/C16H17F3N2O3S/c1-7-2-3-9-8(4-7)13(16(17,18)19)21-15(20-9)25-12-5-10(22)14-23-6-11(12)24-14/h7,11-12,14H,2-6H2,1H3/t7-,11-,12-,14+/m1/s1. The van der Waals surface area contributed by atoms with Crippen LogP contribution in [0, 0.1) is 5.92 Å². The molecule has 0 spiro atoms. The summed E-state index contributed by atoms with van der Waals surface area (Å²) in [4.78, 5) is 20.0. The Bertz CT molecular complexity index is 713. The zero-order valence-electron chi connectivity index (χ0n) is 13.5. The van der Waals surface area contributed by atoms with Crippen LogP contribution in [0.15, 0.2) is 5.16 Å². The van der Waals surface area contributed by atoms with Gasteiger partial charge in [-0.1, -0.05) is 18.7 Å². The zero-order valence-corrected chi connectivity index (χ0v) is 14.3. The van der Waals surface area contributed by atoms with E-state index < -0.39 is 18.2 Å². The van der Waals surface area contributed by atoms with Gasteiger partial charge in [0.1, 0.15) is 0 Å².